The van der Waals surface area contributed by atoms with Crippen LogP contribution in [0.1, 0.15) is 19.5 Å². The standard InChI is InChI=1S/C16H12ClF4N3O4S/c1-6(2)13(14(26)27)29-10-4-9(8(18)3-7(10)17)23-12(25)5-11(16(19,20)21)24(22)15(23)28/h3-5H,22H2,1-2H3,(H,26,27). The number of aromatic nitrogens is 2. The van der Waals surface area contributed by atoms with E-state index in [0.29, 0.717) is 23.4 Å². The molecule has 2 aromatic rings. The van der Waals surface area contributed by atoms with Crippen LogP contribution in [0.5, 0.6) is 0 Å². The van der Waals surface area contributed by atoms with Crippen LogP contribution in [0, 0.1) is 5.82 Å². The first-order valence-corrected chi connectivity index (χ1v) is 8.74. The number of thioether (sulfide) groups is 1. The van der Waals surface area contributed by atoms with Crippen LogP contribution >= 0.6 is 23.4 Å². The van der Waals surface area contributed by atoms with Gasteiger partial charge in [-0.05, 0) is 26.0 Å². The average Bonchev–Trinajstić information content (AvgIpc) is 2.57. The third-order valence-corrected chi connectivity index (χ3v) is 5.30. The van der Waals surface area contributed by atoms with E-state index in [4.69, 9.17) is 17.4 Å². The molecule has 0 atom stereocenters. The van der Waals surface area contributed by atoms with Crippen molar-refractivity contribution in [3.05, 3.63) is 66.0 Å². The summed E-state index contributed by atoms with van der Waals surface area (Å²) in [5.74, 6) is 2.64. The smallest absolute Gasteiger partial charge is 0.433 e. The fraction of sp³-hybridized carbons (Fsp3) is 0.188. The van der Waals surface area contributed by atoms with Crippen LogP contribution < -0.4 is 17.1 Å². The second-order valence-electron chi connectivity index (χ2n) is 5.82. The third-order valence-electron chi connectivity index (χ3n) is 3.53. The minimum Gasteiger partial charge on any atom is -0.477 e. The monoisotopic (exact) mass is 453 g/mol. The second-order valence-corrected chi connectivity index (χ2v) is 7.28. The molecule has 7 nitrogen and oxygen atoms in total. The highest BCUT2D eigenvalue weighted by atomic mass is 35.5. The van der Waals surface area contributed by atoms with E-state index >= 15 is 0 Å². The first kappa shape index (κ1) is 22.6. The van der Waals surface area contributed by atoms with E-state index in [2.05, 4.69) is 0 Å². The molecule has 13 heteroatoms. The number of halogens is 5. The maximum atomic E-state index is 14.4. The van der Waals surface area contributed by atoms with E-state index in [9.17, 15) is 37.1 Å². The van der Waals surface area contributed by atoms with Crippen LogP contribution in [-0.4, -0.2) is 20.3 Å². The summed E-state index contributed by atoms with van der Waals surface area (Å²) in [5, 5.41) is 9.01. The Bertz CT molecular complexity index is 1150. The Kier molecular flexibility index (Phi) is 6.18. The topological polar surface area (TPSA) is 107 Å². The number of nitrogen functional groups attached to an aromatic ring is 1. The summed E-state index contributed by atoms with van der Waals surface area (Å²) in [4.78, 5) is 35.5. The molecule has 29 heavy (non-hydrogen) atoms. The van der Waals surface area contributed by atoms with E-state index in [-0.39, 0.29) is 30.1 Å². The molecule has 0 aliphatic heterocycles. The van der Waals surface area contributed by atoms with Gasteiger partial charge < -0.3 is 10.9 Å². The molecule has 0 spiro atoms. The Morgan fingerprint density at radius 1 is 1.21 bits per heavy atom. The molecule has 0 unspecified atom stereocenters. The van der Waals surface area contributed by atoms with Gasteiger partial charge in [0.2, 0.25) is 0 Å². The number of hydrogen-bond donors (Lipinski definition) is 2. The zero-order valence-corrected chi connectivity index (χ0v) is 16.2. The fourth-order valence-electron chi connectivity index (χ4n) is 2.23. The summed E-state index contributed by atoms with van der Waals surface area (Å²) < 4.78 is 52.8. The lowest BCUT2D eigenvalue weighted by Crippen LogP contribution is -2.45. The molecule has 3 N–H and O–H groups in total. The number of carbonyl (C=O) groups is 1. The number of carboxylic acid groups (broad SMARTS) is 1. The van der Waals surface area contributed by atoms with Gasteiger partial charge >= 0.3 is 17.8 Å². The van der Waals surface area contributed by atoms with E-state index < -0.39 is 40.6 Å². The van der Waals surface area contributed by atoms with E-state index in [0.717, 1.165) is 6.07 Å². The van der Waals surface area contributed by atoms with Gasteiger partial charge in [-0.25, -0.2) is 23.2 Å². The van der Waals surface area contributed by atoms with Crippen molar-refractivity contribution in [1.82, 2.24) is 9.24 Å². The predicted molar refractivity (Wildman–Crippen MR) is 98.3 cm³/mol. The molecule has 1 aromatic heterocycles. The number of nitrogens with zero attached hydrogens (tertiary/aromatic N) is 2. The molecule has 1 aromatic carbocycles. The highest BCUT2D eigenvalue weighted by molar-refractivity contribution is 8.04. The molecular formula is C16H12ClF4N3O4S. The van der Waals surface area contributed by atoms with Crippen molar-refractivity contribution in [2.45, 2.75) is 24.9 Å². The Morgan fingerprint density at radius 3 is 2.28 bits per heavy atom. The van der Waals surface area contributed by atoms with Gasteiger partial charge in [0.15, 0.2) is 5.69 Å². The highest BCUT2D eigenvalue weighted by Crippen LogP contribution is 2.36. The maximum absolute atomic E-state index is 14.4. The molecule has 0 saturated carbocycles. The van der Waals surface area contributed by atoms with Gasteiger partial charge in [0.25, 0.3) is 5.56 Å². The van der Waals surface area contributed by atoms with Crippen molar-refractivity contribution in [2.24, 2.45) is 0 Å². The van der Waals surface area contributed by atoms with Crippen LogP contribution in [0.4, 0.5) is 17.6 Å². The van der Waals surface area contributed by atoms with Crippen LogP contribution in [0.2, 0.25) is 5.02 Å². The first-order valence-electron chi connectivity index (χ1n) is 7.55. The lowest BCUT2D eigenvalue weighted by Gasteiger charge is -2.15. The Balaban J connectivity index is 2.77. The number of nitrogens with two attached hydrogens (primary N) is 1. The summed E-state index contributed by atoms with van der Waals surface area (Å²) in [7, 11) is 0. The van der Waals surface area contributed by atoms with E-state index in [1.54, 1.807) is 0 Å². The lowest BCUT2D eigenvalue weighted by molar-refractivity contribution is -0.143. The Hall–Kier alpha value is -2.73. The number of rotatable bonds is 4. The molecule has 156 valence electrons. The Labute approximate surface area is 169 Å². The average molecular weight is 454 g/mol. The zero-order chi connectivity index (χ0) is 22.3. The van der Waals surface area contributed by atoms with Crippen LogP contribution in [0.3, 0.4) is 0 Å². The Morgan fingerprint density at radius 2 is 1.79 bits per heavy atom. The minimum atomic E-state index is -5.09. The van der Waals surface area contributed by atoms with Gasteiger partial charge in [0, 0.05) is 11.0 Å². The number of aliphatic carboxylic acids is 1. The van der Waals surface area contributed by atoms with Crippen molar-refractivity contribution in [2.75, 3.05) is 5.84 Å². The third kappa shape index (κ3) is 4.48. The molecule has 0 amide bonds. The zero-order valence-electron chi connectivity index (χ0n) is 14.7. The second kappa shape index (κ2) is 7.95. The molecule has 0 bridgehead atoms. The quantitative estimate of drug-likeness (QED) is 0.319. The number of allylic oxidation sites excluding steroid dienone is 1. The van der Waals surface area contributed by atoms with E-state index in [1.807, 2.05) is 0 Å². The number of hydrogen-bond acceptors (Lipinski definition) is 5. The van der Waals surface area contributed by atoms with Gasteiger partial charge in [-0.1, -0.05) is 28.9 Å². The fourth-order valence-corrected chi connectivity index (χ4v) is 3.34. The molecule has 1 heterocycles. The van der Waals surface area contributed by atoms with Gasteiger partial charge in [-0.3, -0.25) is 4.79 Å². The van der Waals surface area contributed by atoms with Gasteiger partial charge in [-0.15, -0.1) is 0 Å². The molecule has 0 aliphatic rings. The molecule has 0 fully saturated rings. The van der Waals surface area contributed by atoms with E-state index in [1.165, 1.54) is 13.8 Å². The van der Waals surface area contributed by atoms with Gasteiger partial charge in [0.1, 0.15) is 5.82 Å². The summed E-state index contributed by atoms with van der Waals surface area (Å²) in [5.41, 5.74) is -5.20. The summed E-state index contributed by atoms with van der Waals surface area (Å²) in [6.07, 6.45) is -5.09. The first-order chi connectivity index (χ1) is 13.3. The number of carboxylic acids is 1. The minimum absolute atomic E-state index is 0.0427. The van der Waals surface area contributed by atoms with Gasteiger partial charge in [-0.2, -0.15) is 13.2 Å². The van der Waals surface area contributed by atoms with Crippen LogP contribution in [-0.2, 0) is 11.0 Å². The van der Waals surface area contributed by atoms with Crippen molar-refractivity contribution in [3.8, 4) is 5.69 Å². The van der Waals surface area contributed by atoms with Crippen molar-refractivity contribution >= 4 is 29.3 Å². The molecule has 2 rings (SSSR count). The summed E-state index contributed by atoms with van der Waals surface area (Å²) in [6, 6.07) is 1.62. The lowest BCUT2D eigenvalue weighted by atomic mass is 10.3. The van der Waals surface area contributed by atoms with Crippen LogP contribution in [0.25, 0.3) is 5.69 Å². The van der Waals surface area contributed by atoms with Crippen LogP contribution in [0.15, 0.2) is 43.2 Å². The molecule has 0 radical (unpaired) electrons. The van der Waals surface area contributed by atoms with Crippen molar-refractivity contribution < 1.29 is 27.5 Å². The summed E-state index contributed by atoms with van der Waals surface area (Å²) in [6.45, 7) is 3.00. The number of alkyl halides is 3. The van der Waals surface area contributed by atoms with Gasteiger partial charge in [0.05, 0.1) is 15.6 Å². The highest BCUT2D eigenvalue weighted by Gasteiger charge is 2.36. The van der Waals surface area contributed by atoms with Crippen molar-refractivity contribution in [1.29, 1.82) is 0 Å². The maximum Gasteiger partial charge on any atom is 0.433 e. The largest absolute Gasteiger partial charge is 0.477 e. The van der Waals surface area contributed by atoms with Crippen molar-refractivity contribution in [3.63, 3.8) is 0 Å². The SMILES string of the molecule is CC(C)=C(Sc1cc(-n2c(=O)cc(C(F)(F)F)n(N)c2=O)c(F)cc1Cl)C(=O)O. The molecule has 0 saturated heterocycles. The molecule has 0 aliphatic carbocycles. The normalized spacial score (nSPS) is 11.4. The predicted octanol–water partition coefficient (Wildman–Crippen LogP) is 2.99. The summed E-state index contributed by atoms with van der Waals surface area (Å²) >= 11 is 6.54. The molecular weight excluding hydrogens is 442 g/mol. The number of benzene rings is 1.